The van der Waals surface area contributed by atoms with E-state index in [0.717, 1.165) is 22.1 Å². The van der Waals surface area contributed by atoms with Crippen molar-refractivity contribution in [2.75, 3.05) is 0 Å². The molecule has 3 aromatic rings. The first-order valence-corrected chi connectivity index (χ1v) is 6.99. The fraction of sp³-hybridized carbons (Fsp3) is 0.214. The number of pyridine rings is 1. The molecule has 3 heterocycles. The summed E-state index contributed by atoms with van der Waals surface area (Å²) in [5, 5.41) is 3.20. The third-order valence-electron chi connectivity index (χ3n) is 3.09. The Labute approximate surface area is 115 Å². The van der Waals surface area contributed by atoms with Crippen molar-refractivity contribution in [2.45, 2.75) is 19.9 Å². The largest absolute Gasteiger partial charge is 0.322 e. The van der Waals surface area contributed by atoms with Gasteiger partial charge < -0.3 is 4.57 Å². The molecule has 0 unspecified atom stereocenters. The van der Waals surface area contributed by atoms with E-state index in [2.05, 4.69) is 31.8 Å². The van der Waals surface area contributed by atoms with Crippen molar-refractivity contribution in [3.63, 3.8) is 0 Å². The summed E-state index contributed by atoms with van der Waals surface area (Å²) < 4.78 is 2.14. The number of nitrogens with zero attached hydrogens (tertiary/aromatic N) is 4. The van der Waals surface area contributed by atoms with Gasteiger partial charge >= 0.3 is 0 Å². The van der Waals surface area contributed by atoms with Crippen LogP contribution in [0.25, 0.3) is 11.4 Å². The van der Waals surface area contributed by atoms with Gasteiger partial charge in [0, 0.05) is 35.7 Å². The molecule has 0 amide bonds. The number of rotatable bonds is 3. The quantitative estimate of drug-likeness (QED) is 0.733. The van der Waals surface area contributed by atoms with Gasteiger partial charge in [0.2, 0.25) is 0 Å². The van der Waals surface area contributed by atoms with Gasteiger partial charge in [-0.05, 0) is 26.0 Å². The molecule has 5 heteroatoms. The van der Waals surface area contributed by atoms with Crippen LogP contribution in [0, 0.1) is 6.92 Å². The van der Waals surface area contributed by atoms with Crippen molar-refractivity contribution < 1.29 is 0 Å². The van der Waals surface area contributed by atoms with E-state index in [1.54, 1.807) is 23.7 Å². The number of aromatic nitrogens is 4. The summed E-state index contributed by atoms with van der Waals surface area (Å²) in [5.74, 6) is 0.945. The van der Waals surface area contributed by atoms with Gasteiger partial charge in [0.25, 0.3) is 0 Å². The van der Waals surface area contributed by atoms with Gasteiger partial charge in [-0.25, -0.2) is 9.97 Å². The summed E-state index contributed by atoms with van der Waals surface area (Å²) in [6, 6.07) is 4.12. The Balaban J connectivity index is 2.01. The number of thiazole rings is 1. The van der Waals surface area contributed by atoms with Crippen LogP contribution in [0.3, 0.4) is 0 Å². The van der Waals surface area contributed by atoms with E-state index in [4.69, 9.17) is 0 Å². The van der Waals surface area contributed by atoms with Crippen molar-refractivity contribution >= 4 is 11.3 Å². The highest BCUT2D eigenvalue weighted by molar-refractivity contribution is 7.09. The first-order valence-electron chi connectivity index (χ1n) is 6.11. The van der Waals surface area contributed by atoms with Crippen LogP contribution in [0.5, 0.6) is 0 Å². The molecule has 0 spiro atoms. The van der Waals surface area contributed by atoms with Crippen molar-refractivity contribution in [1.82, 2.24) is 19.5 Å². The molecule has 0 aliphatic carbocycles. The maximum Gasteiger partial charge on any atom is 0.140 e. The first-order chi connectivity index (χ1) is 9.25. The van der Waals surface area contributed by atoms with Crippen LogP contribution in [-0.2, 0) is 0 Å². The third-order valence-corrected chi connectivity index (χ3v) is 3.88. The van der Waals surface area contributed by atoms with Crippen LogP contribution < -0.4 is 0 Å². The number of hydrogen-bond donors (Lipinski definition) is 0. The third kappa shape index (κ3) is 2.29. The fourth-order valence-electron chi connectivity index (χ4n) is 2.06. The highest BCUT2D eigenvalue weighted by Crippen LogP contribution is 2.25. The number of aryl methyl sites for hydroxylation is 1. The van der Waals surface area contributed by atoms with Crippen molar-refractivity contribution in [2.24, 2.45) is 0 Å². The summed E-state index contributed by atoms with van der Waals surface area (Å²) in [5.41, 5.74) is 2.15. The molecule has 19 heavy (non-hydrogen) atoms. The predicted molar refractivity (Wildman–Crippen MR) is 76.1 cm³/mol. The lowest BCUT2D eigenvalue weighted by Gasteiger charge is -2.14. The summed E-state index contributed by atoms with van der Waals surface area (Å²) >= 11 is 1.68. The number of imidazole rings is 1. The minimum Gasteiger partial charge on any atom is -0.322 e. The lowest BCUT2D eigenvalue weighted by molar-refractivity contribution is 0.629. The molecule has 0 saturated heterocycles. The summed E-state index contributed by atoms with van der Waals surface area (Å²) in [6.45, 7) is 4.17. The van der Waals surface area contributed by atoms with Crippen LogP contribution >= 0.6 is 11.3 Å². The Kier molecular flexibility index (Phi) is 3.13. The molecular formula is C14H14N4S. The van der Waals surface area contributed by atoms with E-state index < -0.39 is 0 Å². The SMILES string of the molecule is Cc1nc([C@H](C)n2ccnc2-c2ccncc2)cs1. The molecule has 0 bridgehead atoms. The van der Waals surface area contributed by atoms with Crippen molar-refractivity contribution in [1.29, 1.82) is 0 Å². The van der Waals surface area contributed by atoms with E-state index in [9.17, 15) is 0 Å². The Morgan fingerprint density at radius 3 is 2.68 bits per heavy atom. The lowest BCUT2D eigenvalue weighted by atomic mass is 10.2. The minimum atomic E-state index is 0.176. The summed E-state index contributed by atoms with van der Waals surface area (Å²) in [7, 11) is 0. The molecule has 0 N–H and O–H groups in total. The van der Waals surface area contributed by atoms with Gasteiger partial charge in [-0.15, -0.1) is 11.3 Å². The first kappa shape index (κ1) is 12.0. The fourth-order valence-corrected chi connectivity index (χ4v) is 2.76. The highest BCUT2D eigenvalue weighted by atomic mass is 32.1. The molecular weight excluding hydrogens is 256 g/mol. The topological polar surface area (TPSA) is 43.6 Å². The predicted octanol–water partition coefficient (Wildman–Crippen LogP) is 3.32. The van der Waals surface area contributed by atoms with Crippen molar-refractivity contribution in [3.8, 4) is 11.4 Å². The Morgan fingerprint density at radius 2 is 2.00 bits per heavy atom. The van der Waals surface area contributed by atoms with Gasteiger partial charge in [0.1, 0.15) is 5.82 Å². The summed E-state index contributed by atoms with van der Waals surface area (Å²) in [6.07, 6.45) is 7.39. The summed E-state index contributed by atoms with van der Waals surface area (Å²) in [4.78, 5) is 13.1. The second-order valence-corrected chi connectivity index (χ2v) is 5.42. The van der Waals surface area contributed by atoms with Gasteiger partial charge in [-0.2, -0.15) is 0 Å². The standard InChI is InChI=1S/C14H14N4S/c1-10(13-9-19-11(2)17-13)18-8-7-16-14(18)12-3-5-15-6-4-12/h3-10H,1-2H3/t10-/m0/s1. The molecule has 0 aliphatic heterocycles. The van der Waals surface area contributed by atoms with Crippen LogP contribution in [0.1, 0.15) is 23.7 Å². The smallest absolute Gasteiger partial charge is 0.140 e. The van der Waals surface area contributed by atoms with Gasteiger partial charge in [-0.3, -0.25) is 4.98 Å². The van der Waals surface area contributed by atoms with Gasteiger partial charge in [0.15, 0.2) is 0 Å². The molecule has 3 aromatic heterocycles. The zero-order chi connectivity index (χ0) is 13.2. The van der Waals surface area contributed by atoms with E-state index >= 15 is 0 Å². The second kappa shape index (κ2) is 4.93. The number of hydrogen-bond acceptors (Lipinski definition) is 4. The lowest BCUT2D eigenvalue weighted by Crippen LogP contribution is -2.08. The molecule has 3 rings (SSSR count). The average Bonchev–Trinajstić information content (AvgIpc) is 3.07. The zero-order valence-corrected chi connectivity index (χ0v) is 11.6. The average molecular weight is 270 g/mol. The van der Waals surface area contributed by atoms with E-state index in [1.165, 1.54) is 0 Å². The van der Waals surface area contributed by atoms with Gasteiger partial charge in [0.05, 0.1) is 16.7 Å². The molecule has 1 atom stereocenters. The molecule has 0 aliphatic rings. The highest BCUT2D eigenvalue weighted by Gasteiger charge is 2.15. The molecule has 0 aromatic carbocycles. The molecule has 0 radical (unpaired) electrons. The van der Waals surface area contributed by atoms with Gasteiger partial charge in [-0.1, -0.05) is 0 Å². The maximum absolute atomic E-state index is 4.56. The second-order valence-electron chi connectivity index (χ2n) is 4.36. The Morgan fingerprint density at radius 1 is 1.21 bits per heavy atom. The molecule has 96 valence electrons. The Bertz CT molecular complexity index is 672. The zero-order valence-electron chi connectivity index (χ0n) is 10.8. The van der Waals surface area contributed by atoms with Crippen LogP contribution in [-0.4, -0.2) is 19.5 Å². The molecule has 0 saturated carbocycles. The molecule has 0 fully saturated rings. The minimum absolute atomic E-state index is 0.176. The van der Waals surface area contributed by atoms with Crippen LogP contribution in [0.4, 0.5) is 0 Å². The van der Waals surface area contributed by atoms with Crippen LogP contribution in [0.2, 0.25) is 0 Å². The molecule has 4 nitrogen and oxygen atoms in total. The monoisotopic (exact) mass is 270 g/mol. The van der Waals surface area contributed by atoms with E-state index in [1.807, 2.05) is 31.5 Å². The van der Waals surface area contributed by atoms with E-state index in [-0.39, 0.29) is 6.04 Å². The van der Waals surface area contributed by atoms with Crippen LogP contribution in [0.15, 0.2) is 42.3 Å². The van der Waals surface area contributed by atoms with Crippen molar-refractivity contribution in [3.05, 3.63) is 53.0 Å². The van der Waals surface area contributed by atoms with E-state index in [0.29, 0.717) is 0 Å². The Hall–Kier alpha value is -2.01. The normalized spacial score (nSPS) is 12.5. The maximum atomic E-state index is 4.56.